The van der Waals surface area contributed by atoms with Crippen molar-refractivity contribution < 1.29 is 5.11 Å². The summed E-state index contributed by atoms with van der Waals surface area (Å²) < 4.78 is 0.834. The zero-order valence-electron chi connectivity index (χ0n) is 9.15. The average molecular weight is 333 g/mol. The van der Waals surface area contributed by atoms with Gasteiger partial charge in [-0.3, -0.25) is 0 Å². The van der Waals surface area contributed by atoms with Crippen molar-refractivity contribution >= 4 is 38.9 Å². The van der Waals surface area contributed by atoms with Crippen LogP contribution in [-0.4, -0.2) is 10.1 Å². The van der Waals surface area contributed by atoms with Gasteiger partial charge in [-0.15, -0.1) is 11.3 Å². The molecule has 1 heterocycles. The number of rotatable bonds is 3. The lowest BCUT2D eigenvalue weighted by molar-refractivity contribution is 0.178. The molecule has 0 aliphatic rings. The topological polar surface area (TPSA) is 33.1 Å². The minimum atomic E-state index is -0.564. The van der Waals surface area contributed by atoms with E-state index in [0.717, 1.165) is 20.7 Å². The number of aliphatic hydroxyl groups excluding tert-OH is 1. The Hall–Kier alpha value is -0.420. The highest BCUT2D eigenvalue weighted by atomic mass is 79.9. The maximum absolute atomic E-state index is 10.1. The highest BCUT2D eigenvalue weighted by Gasteiger charge is 2.12. The van der Waals surface area contributed by atoms with Gasteiger partial charge in [0.15, 0.2) is 0 Å². The Morgan fingerprint density at radius 1 is 1.53 bits per heavy atom. The number of halogens is 2. The predicted molar refractivity (Wildman–Crippen MR) is 74.7 cm³/mol. The Balaban J connectivity index is 2.14. The summed E-state index contributed by atoms with van der Waals surface area (Å²) in [5, 5.41) is 13.6. The predicted octanol–water partition coefficient (Wildman–Crippen LogP) is 4.14. The van der Waals surface area contributed by atoms with Gasteiger partial charge in [0.25, 0.3) is 0 Å². The van der Waals surface area contributed by atoms with Crippen LogP contribution in [0, 0.1) is 6.92 Å². The SMILES string of the molecule is Cc1csc(CC(O)c2ccc(Br)c(Cl)c2)n1. The van der Waals surface area contributed by atoms with Crippen LogP contribution >= 0.6 is 38.9 Å². The summed E-state index contributed by atoms with van der Waals surface area (Å²) >= 11 is 10.9. The Kier molecular flexibility index (Phi) is 4.20. The van der Waals surface area contributed by atoms with E-state index in [-0.39, 0.29) is 0 Å². The van der Waals surface area contributed by atoms with Crippen molar-refractivity contribution in [3.63, 3.8) is 0 Å². The molecule has 5 heteroatoms. The first kappa shape index (κ1) is 13.0. The first-order valence-electron chi connectivity index (χ1n) is 5.10. The highest BCUT2D eigenvalue weighted by Crippen LogP contribution is 2.28. The average Bonchev–Trinajstić information content (AvgIpc) is 2.68. The molecule has 90 valence electrons. The first-order valence-corrected chi connectivity index (χ1v) is 7.15. The fourth-order valence-electron chi connectivity index (χ4n) is 1.50. The molecule has 0 radical (unpaired) electrons. The van der Waals surface area contributed by atoms with E-state index in [1.807, 2.05) is 24.4 Å². The quantitative estimate of drug-likeness (QED) is 0.916. The molecule has 1 aromatic carbocycles. The van der Waals surface area contributed by atoms with E-state index in [1.54, 1.807) is 17.4 Å². The Bertz CT molecular complexity index is 529. The number of aliphatic hydroxyl groups is 1. The van der Waals surface area contributed by atoms with Gasteiger partial charge >= 0.3 is 0 Å². The lowest BCUT2D eigenvalue weighted by atomic mass is 10.1. The maximum Gasteiger partial charge on any atom is 0.0957 e. The number of aryl methyl sites for hydroxylation is 1. The molecule has 1 atom stereocenters. The number of aromatic nitrogens is 1. The Morgan fingerprint density at radius 3 is 2.88 bits per heavy atom. The second-order valence-electron chi connectivity index (χ2n) is 3.78. The zero-order valence-corrected chi connectivity index (χ0v) is 12.3. The van der Waals surface area contributed by atoms with Gasteiger partial charge in [-0.05, 0) is 40.5 Å². The van der Waals surface area contributed by atoms with E-state index in [0.29, 0.717) is 11.4 Å². The van der Waals surface area contributed by atoms with Crippen molar-refractivity contribution in [2.45, 2.75) is 19.4 Å². The number of nitrogens with zero attached hydrogens (tertiary/aromatic N) is 1. The van der Waals surface area contributed by atoms with Crippen LogP contribution in [0.25, 0.3) is 0 Å². The standard InChI is InChI=1S/C12H11BrClNOS/c1-7-6-17-12(15-7)5-11(16)8-2-3-9(13)10(14)4-8/h2-4,6,11,16H,5H2,1H3. The van der Waals surface area contributed by atoms with E-state index in [1.165, 1.54) is 0 Å². The normalized spacial score (nSPS) is 12.7. The van der Waals surface area contributed by atoms with Crippen LogP contribution in [0.1, 0.15) is 22.4 Å². The molecule has 1 aromatic heterocycles. The molecule has 2 nitrogen and oxygen atoms in total. The summed E-state index contributed by atoms with van der Waals surface area (Å²) in [5.74, 6) is 0. The third-order valence-corrected chi connectivity index (χ3v) is 4.58. The van der Waals surface area contributed by atoms with Gasteiger partial charge in [0.05, 0.1) is 16.1 Å². The Morgan fingerprint density at radius 2 is 2.29 bits per heavy atom. The van der Waals surface area contributed by atoms with Crippen LogP contribution < -0.4 is 0 Å². The third kappa shape index (κ3) is 3.28. The number of benzene rings is 1. The first-order chi connectivity index (χ1) is 8.06. The molecule has 0 fully saturated rings. The van der Waals surface area contributed by atoms with Gasteiger partial charge in [-0.1, -0.05) is 17.7 Å². The molecule has 2 rings (SSSR count). The Labute approximate surface area is 117 Å². The fourth-order valence-corrected chi connectivity index (χ4v) is 2.75. The molecule has 0 bridgehead atoms. The monoisotopic (exact) mass is 331 g/mol. The molecule has 1 unspecified atom stereocenters. The molecule has 2 aromatic rings. The van der Waals surface area contributed by atoms with Crippen LogP contribution in [0.4, 0.5) is 0 Å². The molecule has 0 aliphatic heterocycles. The molecule has 0 saturated carbocycles. The second-order valence-corrected chi connectivity index (χ2v) is 5.98. The molecule has 0 spiro atoms. The largest absolute Gasteiger partial charge is 0.388 e. The van der Waals surface area contributed by atoms with E-state index >= 15 is 0 Å². The summed E-state index contributed by atoms with van der Waals surface area (Å²) in [6.45, 7) is 1.95. The molecule has 0 aliphatic carbocycles. The molecule has 0 amide bonds. The van der Waals surface area contributed by atoms with Crippen molar-refractivity contribution in [1.29, 1.82) is 0 Å². The summed E-state index contributed by atoms with van der Waals surface area (Å²) in [6.07, 6.45) is -0.0395. The fraction of sp³-hybridized carbons (Fsp3) is 0.250. The molecule has 17 heavy (non-hydrogen) atoms. The van der Waals surface area contributed by atoms with Gasteiger partial charge in [-0.25, -0.2) is 4.98 Å². The number of thiazole rings is 1. The summed E-state index contributed by atoms with van der Waals surface area (Å²) in [5.41, 5.74) is 1.80. The van der Waals surface area contributed by atoms with Gasteiger partial charge in [0.1, 0.15) is 0 Å². The van der Waals surface area contributed by atoms with Crippen molar-refractivity contribution in [1.82, 2.24) is 4.98 Å². The lowest BCUT2D eigenvalue weighted by Crippen LogP contribution is -2.01. The summed E-state index contributed by atoms with van der Waals surface area (Å²) in [7, 11) is 0. The summed E-state index contributed by atoms with van der Waals surface area (Å²) in [6, 6.07) is 5.48. The van der Waals surface area contributed by atoms with Crippen LogP contribution in [-0.2, 0) is 6.42 Å². The van der Waals surface area contributed by atoms with Gasteiger partial charge in [0.2, 0.25) is 0 Å². The summed E-state index contributed by atoms with van der Waals surface area (Å²) in [4.78, 5) is 4.33. The van der Waals surface area contributed by atoms with Gasteiger partial charge < -0.3 is 5.11 Å². The molecular formula is C12H11BrClNOS. The van der Waals surface area contributed by atoms with E-state index in [4.69, 9.17) is 11.6 Å². The highest BCUT2D eigenvalue weighted by molar-refractivity contribution is 9.10. The second kappa shape index (κ2) is 5.48. The van der Waals surface area contributed by atoms with Crippen LogP contribution in [0.3, 0.4) is 0 Å². The number of hydrogen-bond donors (Lipinski definition) is 1. The maximum atomic E-state index is 10.1. The van der Waals surface area contributed by atoms with Crippen LogP contribution in [0.2, 0.25) is 5.02 Å². The zero-order chi connectivity index (χ0) is 12.4. The van der Waals surface area contributed by atoms with Crippen LogP contribution in [0.15, 0.2) is 28.1 Å². The van der Waals surface area contributed by atoms with Crippen molar-refractivity contribution in [2.24, 2.45) is 0 Å². The smallest absolute Gasteiger partial charge is 0.0957 e. The van der Waals surface area contributed by atoms with Crippen molar-refractivity contribution in [3.05, 3.63) is 49.3 Å². The third-order valence-electron chi connectivity index (χ3n) is 2.36. The van der Waals surface area contributed by atoms with E-state index in [9.17, 15) is 5.11 Å². The molecule has 1 N–H and O–H groups in total. The van der Waals surface area contributed by atoms with Gasteiger partial charge in [0, 0.05) is 22.0 Å². The number of hydrogen-bond acceptors (Lipinski definition) is 3. The van der Waals surface area contributed by atoms with E-state index in [2.05, 4.69) is 20.9 Å². The molecular weight excluding hydrogens is 322 g/mol. The lowest BCUT2D eigenvalue weighted by Gasteiger charge is -2.10. The van der Waals surface area contributed by atoms with Gasteiger partial charge in [-0.2, -0.15) is 0 Å². The minimum absolute atomic E-state index is 0.524. The van der Waals surface area contributed by atoms with Crippen molar-refractivity contribution in [3.8, 4) is 0 Å². The van der Waals surface area contributed by atoms with Crippen molar-refractivity contribution in [2.75, 3.05) is 0 Å². The van der Waals surface area contributed by atoms with Crippen LogP contribution in [0.5, 0.6) is 0 Å². The van der Waals surface area contributed by atoms with E-state index < -0.39 is 6.10 Å². The minimum Gasteiger partial charge on any atom is -0.388 e. The molecule has 0 saturated heterocycles.